The zero-order valence-corrected chi connectivity index (χ0v) is 37.8. The van der Waals surface area contributed by atoms with E-state index in [1.54, 1.807) is 0 Å². The Labute approximate surface area is 401 Å². The van der Waals surface area contributed by atoms with Crippen molar-refractivity contribution in [2.24, 2.45) is 0 Å². The van der Waals surface area contributed by atoms with Gasteiger partial charge < -0.3 is 13.7 Å². The molecule has 7 heteroatoms. The summed E-state index contributed by atoms with van der Waals surface area (Å²) in [5, 5.41) is 11.8. The summed E-state index contributed by atoms with van der Waals surface area (Å²) in [5.74, 6) is 0.981. The highest BCUT2D eigenvalue weighted by molar-refractivity contribution is 6.22. The Morgan fingerprint density at radius 2 is 0.957 bits per heavy atom. The van der Waals surface area contributed by atoms with Gasteiger partial charge in [0, 0.05) is 101 Å². The second-order valence-electron chi connectivity index (χ2n) is 18.2. The molecule has 2 N–H and O–H groups in total. The van der Waals surface area contributed by atoms with Gasteiger partial charge in [0.25, 0.3) is 0 Å². The second kappa shape index (κ2) is 15.0. The Morgan fingerprint density at radius 3 is 1.70 bits per heavy atom. The van der Waals surface area contributed by atoms with E-state index in [9.17, 15) is 0 Å². The van der Waals surface area contributed by atoms with Crippen LogP contribution in [0.15, 0.2) is 237 Å². The summed E-state index contributed by atoms with van der Waals surface area (Å²) in [6, 6.07) is 76.7. The molecule has 0 atom stereocenters. The zero-order valence-electron chi connectivity index (χ0n) is 37.8. The van der Waals surface area contributed by atoms with Crippen LogP contribution in [0.25, 0.3) is 116 Å². The minimum Gasteiger partial charge on any atom is -0.316 e. The van der Waals surface area contributed by atoms with Gasteiger partial charge in [-0.05, 0) is 83.7 Å². The molecule has 0 saturated carbocycles. The molecular formula is C63H41N7. The third-order valence-corrected chi connectivity index (χ3v) is 14.5. The topological polar surface area (TPSA) is 56.7 Å². The number of benzene rings is 9. The third-order valence-electron chi connectivity index (χ3n) is 14.5. The first-order valence-electron chi connectivity index (χ1n) is 23.8. The predicted octanol–water partition coefficient (Wildman–Crippen LogP) is 12.9. The summed E-state index contributed by atoms with van der Waals surface area (Å²) < 4.78 is 9.47. The largest absolute Gasteiger partial charge is 0.316 e. The van der Waals surface area contributed by atoms with Crippen molar-refractivity contribution in [3.05, 3.63) is 253 Å². The quantitative estimate of drug-likeness (QED) is 0.175. The van der Waals surface area contributed by atoms with Gasteiger partial charge >= 0.3 is 0 Å². The fourth-order valence-corrected chi connectivity index (χ4v) is 11.4. The summed E-state index contributed by atoms with van der Waals surface area (Å²) in [5.41, 5.74) is 22.1. The molecular weight excluding hydrogens is 855 g/mol. The van der Waals surface area contributed by atoms with Crippen LogP contribution in [0.4, 0.5) is 0 Å². The fraction of sp³-hybridized carbons (Fsp3) is 0. The van der Waals surface area contributed by atoms with Gasteiger partial charge in [-0.15, -0.1) is 0 Å². The SMILES string of the molecule is c1ccc(-n2ccc3ccc4c(c5ccccc5n4C4=c5ccccc5=C(c5cccc(-n6ccc7ccc8c(c9ccccc9n8-c8ccc(-c9cncc%10ccccc9%10)cc8)c76)c5)NN4)c32)cc1. The monoisotopic (exact) mass is 895 g/mol. The highest BCUT2D eigenvalue weighted by Gasteiger charge is 2.23. The van der Waals surface area contributed by atoms with Crippen molar-refractivity contribution in [2.75, 3.05) is 0 Å². The maximum Gasteiger partial charge on any atom is 0.137 e. The van der Waals surface area contributed by atoms with Crippen molar-refractivity contribution in [3.8, 4) is 28.2 Å². The highest BCUT2D eigenvalue weighted by Crippen LogP contribution is 2.40. The molecule has 1 aliphatic rings. The smallest absolute Gasteiger partial charge is 0.137 e. The normalized spacial score (nSPS) is 12.7. The Kier molecular flexibility index (Phi) is 8.23. The first kappa shape index (κ1) is 38.5. The minimum atomic E-state index is 0.981. The van der Waals surface area contributed by atoms with Crippen molar-refractivity contribution in [2.45, 2.75) is 0 Å². The molecule has 1 aliphatic heterocycles. The van der Waals surface area contributed by atoms with E-state index in [0.29, 0.717) is 0 Å². The molecule has 0 bridgehead atoms. The van der Waals surface area contributed by atoms with E-state index in [2.05, 4.69) is 259 Å². The average Bonchev–Trinajstić information content (AvgIpc) is 4.22. The maximum absolute atomic E-state index is 4.57. The van der Waals surface area contributed by atoms with Crippen LogP contribution in [0.1, 0.15) is 5.56 Å². The molecule has 0 unspecified atom stereocenters. The molecule has 5 aromatic heterocycles. The van der Waals surface area contributed by atoms with E-state index in [1.165, 1.54) is 54.3 Å². The third kappa shape index (κ3) is 5.60. The van der Waals surface area contributed by atoms with E-state index < -0.39 is 0 Å². The molecule has 0 spiro atoms. The predicted molar refractivity (Wildman–Crippen MR) is 288 cm³/mol. The molecule has 70 heavy (non-hydrogen) atoms. The van der Waals surface area contributed by atoms with Crippen molar-refractivity contribution in [3.63, 3.8) is 0 Å². The van der Waals surface area contributed by atoms with Crippen LogP contribution in [0.5, 0.6) is 0 Å². The summed E-state index contributed by atoms with van der Waals surface area (Å²) in [7, 11) is 0. The summed E-state index contributed by atoms with van der Waals surface area (Å²) in [6.45, 7) is 0. The van der Waals surface area contributed by atoms with Gasteiger partial charge in [0.1, 0.15) is 5.82 Å². The standard InChI is InChI=1S/C63H41N7/c1-2-15-45(16-3-1)67-35-33-41-28-32-57-59(61(41)67)52-22-9-11-24-55(52)70(57)63-50-20-7-6-19-49(50)60(65-66-63)43-14-12-17-47(37-43)68-36-34-42-27-31-56-58(62(42)68)51-21-8-10-23-54(51)69(56)46-29-25-40(26-30-46)53-39-64-38-44-13-4-5-18-48(44)53/h1-39,65-66H. The maximum atomic E-state index is 4.57. The number of nitrogens with zero attached hydrogens (tertiary/aromatic N) is 5. The molecule has 9 aromatic carbocycles. The number of hydrazine groups is 1. The van der Waals surface area contributed by atoms with Crippen molar-refractivity contribution in [1.82, 2.24) is 34.1 Å². The van der Waals surface area contributed by atoms with Crippen molar-refractivity contribution >= 4 is 87.7 Å². The Bertz CT molecular complexity index is 4580. The summed E-state index contributed by atoms with van der Waals surface area (Å²) in [6.07, 6.45) is 8.31. The van der Waals surface area contributed by atoms with E-state index in [4.69, 9.17) is 0 Å². The summed E-state index contributed by atoms with van der Waals surface area (Å²) in [4.78, 5) is 4.57. The van der Waals surface area contributed by atoms with Crippen LogP contribution < -0.4 is 21.3 Å². The Balaban J connectivity index is 0.885. The number of pyridine rings is 1. The minimum absolute atomic E-state index is 0.981. The Morgan fingerprint density at radius 1 is 0.357 bits per heavy atom. The number of para-hydroxylation sites is 3. The number of hydrogen-bond donors (Lipinski definition) is 2. The summed E-state index contributed by atoms with van der Waals surface area (Å²) >= 11 is 0. The van der Waals surface area contributed by atoms with E-state index in [1.807, 2.05) is 12.4 Å². The van der Waals surface area contributed by atoms with Gasteiger partial charge in [-0.2, -0.15) is 0 Å². The van der Waals surface area contributed by atoms with Crippen LogP contribution in [0.3, 0.4) is 0 Å². The Hall–Kier alpha value is -9.59. The molecule has 14 aromatic rings. The molecule has 0 fully saturated rings. The number of hydrogen-bond acceptors (Lipinski definition) is 3. The van der Waals surface area contributed by atoms with Crippen molar-refractivity contribution < 1.29 is 0 Å². The molecule has 328 valence electrons. The van der Waals surface area contributed by atoms with E-state index in [0.717, 1.165) is 77.6 Å². The second-order valence-corrected chi connectivity index (χ2v) is 18.2. The van der Waals surface area contributed by atoms with Crippen LogP contribution in [0.2, 0.25) is 0 Å². The van der Waals surface area contributed by atoms with Crippen molar-refractivity contribution in [1.29, 1.82) is 0 Å². The lowest BCUT2D eigenvalue weighted by molar-refractivity contribution is 0.757. The van der Waals surface area contributed by atoms with Gasteiger partial charge in [-0.1, -0.05) is 140 Å². The highest BCUT2D eigenvalue weighted by atomic mass is 15.4. The van der Waals surface area contributed by atoms with Gasteiger partial charge in [-0.3, -0.25) is 20.4 Å². The first-order valence-corrected chi connectivity index (χ1v) is 23.8. The molecule has 6 heterocycles. The number of rotatable bonds is 6. The van der Waals surface area contributed by atoms with Gasteiger partial charge in [0.2, 0.25) is 0 Å². The lowest BCUT2D eigenvalue weighted by atomic mass is 10.0. The molecule has 0 saturated heterocycles. The molecule has 0 radical (unpaired) electrons. The van der Waals surface area contributed by atoms with E-state index in [-0.39, 0.29) is 0 Å². The molecule has 7 nitrogen and oxygen atoms in total. The van der Waals surface area contributed by atoms with Crippen LogP contribution in [-0.2, 0) is 0 Å². The molecule has 15 rings (SSSR count). The first-order chi connectivity index (χ1) is 34.7. The van der Waals surface area contributed by atoms with Gasteiger partial charge in [-0.25, -0.2) is 0 Å². The van der Waals surface area contributed by atoms with Gasteiger partial charge in [0.15, 0.2) is 0 Å². The lowest BCUT2D eigenvalue weighted by Crippen LogP contribution is -2.48. The average molecular weight is 896 g/mol. The molecule has 0 aliphatic carbocycles. The van der Waals surface area contributed by atoms with Crippen LogP contribution in [-0.4, -0.2) is 23.3 Å². The van der Waals surface area contributed by atoms with E-state index >= 15 is 0 Å². The van der Waals surface area contributed by atoms with Gasteiger partial charge in [0.05, 0.1) is 38.8 Å². The number of aromatic nitrogens is 5. The zero-order chi connectivity index (χ0) is 45.9. The molecule has 0 amide bonds. The van der Waals surface area contributed by atoms with Crippen LogP contribution >= 0.6 is 0 Å². The fourth-order valence-electron chi connectivity index (χ4n) is 11.4. The number of fused-ring (bicyclic) bond motifs is 12. The van der Waals surface area contributed by atoms with Crippen LogP contribution in [0, 0.1) is 0 Å². The lowest BCUT2D eigenvalue weighted by Gasteiger charge is -2.23. The number of nitrogens with one attached hydrogen (secondary N) is 2.